The Hall–Kier alpha value is 0.797. The predicted molar refractivity (Wildman–Crippen MR) is 71.1 cm³/mol. The lowest BCUT2D eigenvalue weighted by atomic mass is 10.6. The first kappa shape index (κ1) is 15.8. The summed E-state index contributed by atoms with van der Waals surface area (Å²) in [5.74, 6) is 2.22. The molecule has 0 aliphatic heterocycles. The van der Waals surface area contributed by atoms with Crippen LogP contribution in [0.15, 0.2) is 0 Å². The molecule has 0 saturated heterocycles. The van der Waals surface area contributed by atoms with Crippen molar-refractivity contribution in [3.63, 3.8) is 0 Å². The Labute approximate surface area is 102 Å². The first-order chi connectivity index (χ1) is 7.24. The van der Waals surface area contributed by atoms with Crippen LogP contribution in [0, 0.1) is 6.92 Å². The third-order valence-electron chi connectivity index (χ3n) is 1.95. The first-order valence-corrected chi connectivity index (χ1v) is 9.35. The van der Waals surface area contributed by atoms with E-state index in [1.165, 1.54) is 0 Å². The van der Waals surface area contributed by atoms with E-state index in [0.29, 0.717) is 0 Å². The van der Waals surface area contributed by atoms with Crippen LogP contribution in [0.2, 0.25) is 6.04 Å². The lowest BCUT2D eigenvalue weighted by Gasteiger charge is -2.23. The quantitative estimate of drug-likeness (QED) is 0.345. The molecule has 91 valence electrons. The SMILES string of the molecule is [CH2]CCSSCCC[Si](OC)(OC)OC. The maximum Gasteiger partial charge on any atom is 0.500 e. The topological polar surface area (TPSA) is 27.7 Å². The van der Waals surface area contributed by atoms with Gasteiger partial charge in [-0.3, -0.25) is 0 Å². The Kier molecular flexibility index (Phi) is 10.5. The number of hydrogen-bond donors (Lipinski definition) is 0. The van der Waals surface area contributed by atoms with Crippen molar-refractivity contribution in [3.05, 3.63) is 6.92 Å². The minimum Gasteiger partial charge on any atom is -0.377 e. The van der Waals surface area contributed by atoms with Gasteiger partial charge in [0, 0.05) is 38.9 Å². The molecular weight excluding hydrogens is 248 g/mol. The molecule has 0 aromatic carbocycles. The molecule has 0 unspecified atom stereocenters. The van der Waals surface area contributed by atoms with Crippen molar-refractivity contribution in [1.29, 1.82) is 0 Å². The van der Waals surface area contributed by atoms with Crippen LogP contribution in [-0.2, 0) is 13.3 Å². The fourth-order valence-electron chi connectivity index (χ4n) is 1.08. The summed E-state index contributed by atoms with van der Waals surface area (Å²) in [4.78, 5) is 0. The molecule has 3 nitrogen and oxygen atoms in total. The van der Waals surface area contributed by atoms with Crippen LogP contribution in [0.3, 0.4) is 0 Å². The number of hydrogen-bond acceptors (Lipinski definition) is 5. The van der Waals surface area contributed by atoms with Crippen LogP contribution in [0.5, 0.6) is 0 Å². The van der Waals surface area contributed by atoms with Gasteiger partial charge >= 0.3 is 8.80 Å². The minimum absolute atomic E-state index is 0.883. The van der Waals surface area contributed by atoms with Crippen molar-refractivity contribution < 1.29 is 13.3 Å². The summed E-state index contributed by atoms with van der Waals surface area (Å²) < 4.78 is 16.0. The fraction of sp³-hybridized carbons (Fsp3) is 0.889. The zero-order chi connectivity index (χ0) is 11.6. The van der Waals surface area contributed by atoms with Crippen LogP contribution in [0.1, 0.15) is 12.8 Å². The zero-order valence-electron chi connectivity index (χ0n) is 9.78. The Morgan fingerprint density at radius 1 is 1.00 bits per heavy atom. The molecule has 0 aliphatic carbocycles. The van der Waals surface area contributed by atoms with Crippen LogP contribution in [0.25, 0.3) is 0 Å². The van der Waals surface area contributed by atoms with E-state index in [9.17, 15) is 0 Å². The van der Waals surface area contributed by atoms with E-state index in [0.717, 1.165) is 30.4 Å². The Balaban J connectivity index is 3.54. The molecule has 0 aliphatic rings. The second-order valence-corrected chi connectivity index (χ2v) is 8.69. The summed E-state index contributed by atoms with van der Waals surface area (Å²) in [6.07, 6.45) is 2.06. The Bertz CT molecular complexity index is 137. The molecule has 0 amide bonds. The number of rotatable bonds is 10. The molecule has 0 aromatic heterocycles. The third kappa shape index (κ3) is 6.86. The van der Waals surface area contributed by atoms with Crippen LogP contribution in [0.4, 0.5) is 0 Å². The van der Waals surface area contributed by atoms with E-state index in [4.69, 9.17) is 13.3 Å². The van der Waals surface area contributed by atoms with Gasteiger partial charge in [0.05, 0.1) is 0 Å². The van der Waals surface area contributed by atoms with Gasteiger partial charge in [-0.25, -0.2) is 0 Å². The smallest absolute Gasteiger partial charge is 0.377 e. The highest BCUT2D eigenvalue weighted by molar-refractivity contribution is 8.76. The van der Waals surface area contributed by atoms with Gasteiger partial charge in [-0.1, -0.05) is 28.5 Å². The van der Waals surface area contributed by atoms with Crippen molar-refractivity contribution >= 4 is 30.4 Å². The first-order valence-electron chi connectivity index (χ1n) is 4.93. The lowest BCUT2D eigenvalue weighted by Crippen LogP contribution is -2.42. The standard InChI is InChI=1S/C9H21O3S2Si/c1-5-7-13-14-8-6-9-15(10-2,11-3)12-4/h1,5-9H2,2-4H3. The van der Waals surface area contributed by atoms with E-state index in [2.05, 4.69) is 6.92 Å². The predicted octanol–water partition coefficient (Wildman–Crippen LogP) is 2.86. The molecule has 1 radical (unpaired) electrons. The largest absolute Gasteiger partial charge is 0.500 e. The molecule has 0 bridgehead atoms. The zero-order valence-corrected chi connectivity index (χ0v) is 12.4. The summed E-state index contributed by atoms with van der Waals surface area (Å²) in [6, 6.07) is 0.883. The summed E-state index contributed by atoms with van der Waals surface area (Å²) in [7, 11) is 6.40. The molecule has 0 heterocycles. The van der Waals surface area contributed by atoms with Gasteiger partial charge in [-0.05, 0) is 12.8 Å². The maximum atomic E-state index is 5.33. The molecule has 0 fully saturated rings. The van der Waals surface area contributed by atoms with E-state index >= 15 is 0 Å². The Morgan fingerprint density at radius 3 is 2.00 bits per heavy atom. The van der Waals surface area contributed by atoms with Gasteiger partial charge in [-0.15, -0.1) is 0 Å². The maximum absolute atomic E-state index is 5.33. The van der Waals surface area contributed by atoms with E-state index < -0.39 is 8.80 Å². The van der Waals surface area contributed by atoms with Gasteiger partial charge in [0.25, 0.3) is 0 Å². The van der Waals surface area contributed by atoms with Crippen molar-refractivity contribution in [3.8, 4) is 0 Å². The van der Waals surface area contributed by atoms with Gasteiger partial charge < -0.3 is 13.3 Å². The van der Waals surface area contributed by atoms with E-state index in [1.807, 2.05) is 21.6 Å². The Morgan fingerprint density at radius 2 is 1.53 bits per heavy atom. The van der Waals surface area contributed by atoms with Gasteiger partial charge in [0.15, 0.2) is 0 Å². The fourth-order valence-corrected chi connectivity index (χ4v) is 5.09. The second-order valence-electron chi connectivity index (χ2n) is 2.90. The average molecular weight is 269 g/mol. The molecule has 0 spiro atoms. The normalized spacial score (nSPS) is 12.0. The monoisotopic (exact) mass is 269 g/mol. The van der Waals surface area contributed by atoms with E-state index in [-0.39, 0.29) is 0 Å². The summed E-state index contributed by atoms with van der Waals surface area (Å²) >= 11 is 0. The molecule has 0 atom stereocenters. The van der Waals surface area contributed by atoms with Crippen molar-refractivity contribution in [2.45, 2.75) is 18.9 Å². The third-order valence-corrected chi connectivity index (χ3v) is 7.36. The summed E-state index contributed by atoms with van der Waals surface area (Å²) in [6.45, 7) is 3.80. The molecular formula is C9H21O3S2Si. The van der Waals surface area contributed by atoms with Crippen molar-refractivity contribution in [1.82, 2.24) is 0 Å². The van der Waals surface area contributed by atoms with Gasteiger partial charge in [0.1, 0.15) is 0 Å². The van der Waals surface area contributed by atoms with Gasteiger partial charge in [-0.2, -0.15) is 0 Å². The highest BCUT2D eigenvalue weighted by Crippen LogP contribution is 2.25. The molecule has 0 aromatic rings. The molecule has 0 rings (SSSR count). The van der Waals surface area contributed by atoms with Crippen LogP contribution >= 0.6 is 21.6 Å². The lowest BCUT2D eigenvalue weighted by molar-refractivity contribution is 0.123. The molecule has 6 heteroatoms. The molecule has 15 heavy (non-hydrogen) atoms. The van der Waals surface area contributed by atoms with Crippen molar-refractivity contribution in [2.75, 3.05) is 32.8 Å². The highest BCUT2D eigenvalue weighted by Gasteiger charge is 2.36. The molecule has 0 saturated carbocycles. The van der Waals surface area contributed by atoms with Crippen LogP contribution < -0.4 is 0 Å². The summed E-state index contributed by atoms with van der Waals surface area (Å²) in [5, 5.41) is 0. The highest BCUT2D eigenvalue weighted by atomic mass is 33.1. The van der Waals surface area contributed by atoms with Crippen molar-refractivity contribution in [2.24, 2.45) is 0 Å². The summed E-state index contributed by atoms with van der Waals surface area (Å²) in [5.41, 5.74) is 0. The average Bonchev–Trinajstić information content (AvgIpc) is 2.29. The molecule has 0 N–H and O–H groups in total. The second kappa shape index (κ2) is 9.98. The van der Waals surface area contributed by atoms with Crippen LogP contribution in [-0.4, -0.2) is 41.6 Å². The van der Waals surface area contributed by atoms with E-state index in [1.54, 1.807) is 21.3 Å². The minimum atomic E-state index is -2.32. The van der Waals surface area contributed by atoms with Gasteiger partial charge in [0.2, 0.25) is 0 Å².